The molecule has 2 nitrogen and oxygen atoms in total. The molecule has 3 N–H and O–H groups in total. The molecule has 2 aromatic rings. The number of aryl methyl sites for hydroxylation is 1. The van der Waals surface area contributed by atoms with Gasteiger partial charge in [-0.05, 0) is 35.2 Å². The maximum atomic E-state index is 13.3. The van der Waals surface area contributed by atoms with Crippen molar-refractivity contribution < 1.29 is 9.50 Å². The number of aliphatic hydroxyl groups excluding tert-OH is 1. The average Bonchev–Trinajstić information content (AvgIpc) is 2.48. The molecular weight excluding hydrogens is 253 g/mol. The second-order valence-corrected chi connectivity index (χ2v) is 4.94. The van der Waals surface area contributed by atoms with E-state index >= 15 is 0 Å². The largest absolute Gasteiger partial charge is 0.388 e. The summed E-state index contributed by atoms with van der Waals surface area (Å²) in [5.41, 5.74) is 8.51. The minimum absolute atomic E-state index is 0.264. The number of benzene rings is 2. The first kappa shape index (κ1) is 14.7. The Morgan fingerprint density at radius 3 is 2.35 bits per heavy atom. The first-order valence-corrected chi connectivity index (χ1v) is 6.88. The Balaban J connectivity index is 2.26. The van der Waals surface area contributed by atoms with Crippen molar-refractivity contribution in [3.8, 4) is 0 Å². The lowest BCUT2D eigenvalue weighted by Crippen LogP contribution is -2.20. The van der Waals surface area contributed by atoms with Crippen LogP contribution in [0.5, 0.6) is 0 Å². The highest BCUT2D eigenvalue weighted by Crippen LogP contribution is 2.30. The van der Waals surface area contributed by atoms with Gasteiger partial charge in [0.15, 0.2) is 0 Å². The Hall–Kier alpha value is -1.71. The summed E-state index contributed by atoms with van der Waals surface area (Å²) in [6, 6.07) is 14.1. The molecule has 0 aromatic heterocycles. The van der Waals surface area contributed by atoms with E-state index in [0.717, 1.165) is 17.5 Å². The van der Waals surface area contributed by atoms with Gasteiger partial charge >= 0.3 is 0 Å². The van der Waals surface area contributed by atoms with Gasteiger partial charge in [0.25, 0.3) is 0 Å². The second kappa shape index (κ2) is 6.64. The lowest BCUT2D eigenvalue weighted by Gasteiger charge is -2.22. The van der Waals surface area contributed by atoms with Crippen LogP contribution in [-0.2, 0) is 6.42 Å². The molecule has 0 heterocycles. The van der Waals surface area contributed by atoms with E-state index in [-0.39, 0.29) is 18.3 Å². The highest BCUT2D eigenvalue weighted by molar-refractivity contribution is 5.29. The number of halogens is 1. The fourth-order valence-electron chi connectivity index (χ4n) is 2.37. The molecule has 0 aliphatic heterocycles. The van der Waals surface area contributed by atoms with Crippen molar-refractivity contribution in [1.82, 2.24) is 0 Å². The van der Waals surface area contributed by atoms with E-state index in [9.17, 15) is 9.50 Å². The number of aliphatic hydroxyl groups is 1. The van der Waals surface area contributed by atoms with Crippen molar-refractivity contribution >= 4 is 0 Å². The highest BCUT2D eigenvalue weighted by Gasteiger charge is 2.21. The summed E-state index contributed by atoms with van der Waals surface area (Å²) in [4.78, 5) is 0. The fourth-order valence-corrected chi connectivity index (χ4v) is 2.37. The van der Waals surface area contributed by atoms with E-state index in [1.165, 1.54) is 17.7 Å². The van der Waals surface area contributed by atoms with Crippen LogP contribution in [0.15, 0.2) is 48.5 Å². The molecule has 0 aliphatic rings. The summed E-state index contributed by atoms with van der Waals surface area (Å²) in [6.45, 7) is 2.35. The number of nitrogens with two attached hydrogens (primary N) is 1. The van der Waals surface area contributed by atoms with Crippen LogP contribution in [0.4, 0.5) is 4.39 Å². The summed E-state index contributed by atoms with van der Waals surface area (Å²) in [6.07, 6.45) is 0.230. The molecule has 0 saturated carbocycles. The Morgan fingerprint density at radius 2 is 1.80 bits per heavy atom. The van der Waals surface area contributed by atoms with Gasteiger partial charge in [-0.15, -0.1) is 0 Å². The Morgan fingerprint density at radius 1 is 1.10 bits per heavy atom. The van der Waals surface area contributed by atoms with E-state index in [0.29, 0.717) is 0 Å². The van der Waals surface area contributed by atoms with Gasteiger partial charge in [0.2, 0.25) is 0 Å². The minimum Gasteiger partial charge on any atom is -0.388 e. The smallest absolute Gasteiger partial charge is 0.123 e. The Bertz CT molecular complexity index is 553. The predicted molar refractivity (Wildman–Crippen MR) is 79.0 cm³/mol. The van der Waals surface area contributed by atoms with Gasteiger partial charge in [-0.1, -0.05) is 43.3 Å². The number of hydrogen-bond acceptors (Lipinski definition) is 2. The van der Waals surface area contributed by atoms with E-state index in [4.69, 9.17) is 5.73 Å². The molecule has 0 amide bonds. The molecule has 2 unspecified atom stereocenters. The molecule has 0 aliphatic carbocycles. The van der Waals surface area contributed by atoms with Gasteiger partial charge in [-0.3, -0.25) is 0 Å². The maximum Gasteiger partial charge on any atom is 0.123 e. The Kier molecular flexibility index (Phi) is 4.88. The van der Waals surface area contributed by atoms with Crippen molar-refractivity contribution in [1.29, 1.82) is 0 Å². The number of hydrogen-bond donors (Lipinski definition) is 2. The van der Waals surface area contributed by atoms with Crippen LogP contribution >= 0.6 is 0 Å². The summed E-state index contributed by atoms with van der Waals surface area (Å²) in [7, 11) is 0. The monoisotopic (exact) mass is 273 g/mol. The minimum atomic E-state index is -0.729. The molecule has 106 valence electrons. The van der Waals surface area contributed by atoms with Crippen molar-refractivity contribution in [2.75, 3.05) is 6.54 Å². The standard InChI is InChI=1S/C17H20FNO/c1-2-12-6-8-13(9-7-12)17(20)16(11-19)14-4-3-5-15(18)10-14/h3-10,16-17,20H,2,11,19H2,1H3. The Labute approximate surface area is 119 Å². The molecule has 20 heavy (non-hydrogen) atoms. The molecule has 0 bridgehead atoms. The van der Waals surface area contributed by atoms with Gasteiger partial charge in [-0.25, -0.2) is 4.39 Å². The van der Waals surface area contributed by atoms with Crippen LogP contribution in [-0.4, -0.2) is 11.7 Å². The zero-order valence-corrected chi connectivity index (χ0v) is 11.6. The van der Waals surface area contributed by atoms with Gasteiger partial charge < -0.3 is 10.8 Å². The first-order chi connectivity index (χ1) is 9.65. The van der Waals surface area contributed by atoms with Crippen LogP contribution in [0.25, 0.3) is 0 Å². The van der Waals surface area contributed by atoms with Crippen molar-refractivity contribution in [3.05, 3.63) is 71.0 Å². The van der Waals surface area contributed by atoms with Crippen molar-refractivity contribution in [3.63, 3.8) is 0 Å². The van der Waals surface area contributed by atoms with E-state index in [1.807, 2.05) is 24.3 Å². The first-order valence-electron chi connectivity index (χ1n) is 6.88. The van der Waals surface area contributed by atoms with Gasteiger partial charge in [0.1, 0.15) is 5.82 Å². The molecule has 0 saturated heterocycles. The zero-order chi connectivity index (χ0) is 14.5. The second-order valence-electron chi connectivity index (χ2n) is 4.94. The van der Waals surface area contributed by atoms with E-state index < -0.39 is 6.10 Å². The molecule has 2 rings (SSSR count). The summed E-state index contributed by atoms with van der Waals surface area (Å²) in [5.74, 6) is -0.618. The van der Waals surface area contributed by atoms with Crippen LogP contribution in [0, 0.1) is 5.82 Å². The lowest BCUT2D eigenvalue weighted by atomic mass is 9.89. The van der Waals surface area contributed by atoms with Crippen LogP contribution in [0.3, 0.4) is 0 Å². The SMILES string of the molecule is CCc1ccc(C(O)C(CN)c2cccc(F)c2)cc1. The summed E-state index contributed by atoms with van der Waals surface area (Å²) in [5, 5.41) is 10.5. The molecule has 0 radical (unpaired) electrons. The third-order valence-electron chi connectivity index (χ3n) is 3.64. The molecular formula is C17H20FNO. The summed E-state index contributed by atoms with van der Waals surface area (Å²) >= 11 is 0. The van der Waals surface area contributed by atoms with Crippen molar-refractivity contribution in [2.24, 2.45) is 5.73 Å². The zero-order valence-electron chi connectivity index (χ0n) is 11.6. The maximum absolute atomic E-state index is 13.3. The van der Waals surface area contributed by atoms with Crippen LogP contribution in [0.2, 0.25) is 0 Å². The van der Waals surface area contributed by atoms with Gasteiger partial charge in [-0.2, -0.15) is 0 Å². The quantitative estimate of drug-likeness (QED) is 0.879. The molecule has 3 heteroatoms. The fraction of sp³-hybridized carbons (Fsp3) is 0.294. The third kappa shape index (κ3) is 3.24. The average molecular weight is 273 g/mol. The van der Waals surface area contributed by atoms with Gasteiger partial charge in [0.05, 0.1) is 6.10 Å². The molecule has 0 spiro atoms. The molecule has 2 atom stereocenters. The topological polar surface area (TPSA) is 46.2 Å². The van der Waals surface area contributed by atoms with E-state index in [1.54, 1.807) is 12.1 Å². The predicted octanol–water partition coefficient (Wildman–Crippen LogP) is 3.16. The lowest BCUT2D eigenvalue weighted by molar-refractivity contribution is 0.147. The summed E-state index contributed by atoms with van der Waals surface area (Å²) < 4.78 is 13.3. The molecule has 2 aromatic carbocycles. The highest BCUT2D eigenvalue weighted by atomic mass is 19.1. The molecule has 0 fully saturated rings. The van der Waals surface area contributed by atoms with E-state index in [2.05, 4.69) is 6.92 Å². The van der Waals surface area contributed by atoms with Crippen molar-refractivity contribution in [2.45, 2.75) is 25.4 Å². The van der Waals surface area contributed by atoms with Crippen LogP contribution < -0.4 is 5.73 Å². The van der Waals surface area contributed by atoms with Crippen LogP contribution in [0.1, 0.15) is 35.6 Å². The third-order valence-corrected chi connectivity index (χ3v) is 3.64. The number of rotatable bonds is 5. The van der Waals surface area contributed by atoms with Gasteiger partial charge in [0, 0.05) is 12.5 Å². The normalized spacial score (nSPS) is 14.0.